The molecule has 0 aliphatic carbocycles. The fraction of sp³-hybridized carbons (Fsp3) is 0.200. The molecule has 0 radical (unpaired) electrons. The molecule has 21 heavy (non-hydrogen) atoms. The number of aliphatic hydroxyl groups excluding tert-OH is 1. The molecule has 0 heterocycles. The van der Waals surface area contributed by atoms with E-state index in [0.717, 1.165) is 24.3 Å². The third-order valence-electron chi connectivity index (χ3n) is 3.16. The first kappa shape index (κ1) is 15.4. The molecular weight excluding hydrogens is 291 g/mol. The SMILES string of the molecule is Cc1cc(F)ccc1C(O)c1cccc(C(F)(F)F)c1F. The van der Waals surface area contributed by atoms with Crippen LogP contribution >= 0.6 is 0 Å². The van der Waals surface area contributed by atoms with Crippen molar-refractivity contribution in [2.45, 2.75) is 19.2 Å². The van der Waals surface area contributed by atoms with E-state index in [1.807, 2.05) is 0 Å². The Morgan fingerprint density at radius 3 is 2.24 bits per heavy atom. The van der Waals surface area contributed by atoms with Crippen molar-refractivity contribution in [1.82, 2.24) is 0 Å². The maximum atomic E-state index is 14.0. The zero-order valence-corrected chi connectivity index (χ0v) is 10.9. The van der Waals surface area contributed by atoms with Crippen molar-refractivity contribution < 1.29 is 27.1 Å². The lowest BCUT2D eigenvalue weighted by Gasteiger charge is -2.17. The van der Waals surface area contributed by atoms with E-state index < -0.39 is 35.0 Å². The molecule has 0 fully saturated rings. The van der Waals surface area contributed by atoms with Crippen LogP contribution in [-0.2, 0) is 6.18 Å². The second-order valence-corrected chi connectivity index (χ2v) is 4.61. The summed E-state index contributed by atoms with van der Waals surface area (Å²) in [5, 5.41) is 10.1. The normalized spacial score (nSPS) is 13.3. The van der Waals surface area contributed by atoms with Gasteiger partial charge in [0.15, 0.2) is 0 Å². The van der Waals surface area contributed by atoms with Gasteiger partial charge in [-0.3, -0.25) is 0 Å². The van der Waals surface area contributed by atoms with Gasteiger partial charge in [-0.2, -0.15) is 13.2 Å². The number of hydrogen-bond donors (Lipinski definition) is 1. The Balaban J connectivity index is 2.51. The molecule has 2 rings (SSSR count). The summed E-state index contributed by atoms with van der Waals surface area (Å²) < 4.78 is 64.9. The van der Waals surface area contributed by atoms with E-state index in [0.29, 0.717) is 11.6 Å². The van der Waals surface area contributed by atoms with Gasteiger partial charge in [-0.15, -0.1) is 0 Å². The zero-order valence-electron chi connectivity index (χ0n) is 10.9. The van der Waals surface area contributed by atoms with Gasteiger partial charge in [-0.05, 0) is 36.2 Å². The van der Waals surface area contributed by atoms with E-state index in [1.54, 1.807) is 0 Å². The molecule has 1 N–H and O–H groups in total. The molecule has 2 aromatic rings. The summed E-state index contributed by atoms with van der Waals surface area (Å²) in [6, 6.07) is 6.07. The predicted octanol–water partition coefficient (Wildman–Crippen LogP) is 4.37. The lowest BCUT2D eigenvalue weighted by Crippen LogP contribution is -2.12. The zero-order chi connectivity index (χ0) is 15.8. The standard InChI is InChI=1S/C15H11F5O/c1-8-7-9(16)5-6-10(8)14(21)11-3-2-4-12(13(11)17)15(18,19)20/h2-7,14,21H,1H3. The van der Waals surface area contributed by atoms with Gasteiger partial charge in [-0.1, -0.05) is 18.2 Å². The lowest BCUT2D eigenvalue weighted by atomic mass is 9.95. The Labute approximate surface area is 117 Å². The van der Waals surface area contributed by atoms with E-state index in [-0.39, 0.29) is 5.56 Å². The molecule has 0 amide bonds. The first-order valence-corrected chi connectivity index (χ1v) is 6.01. The van der Waals surface area contributed by atoms with Gasteiger partial charge in [0.25, 0.3) is 0 Å². The predicted molar refractivity (Wildman–Crippen MR) is 66.6 cm³/mol. The van der Waals surface area contributed by atoms with Crippen LogP contribution in [0.1, 0.15) is 28.4 Å². The van der Waals surface area contributed by atoms with E-state index in [4.69, 9.17) is 0 Å². The van der Waals surface area contributed by atoms with E-state index in [1.165, 1.54) is 13.0 Å². The molecule has 0 bridgehead atoms. The molecule has 112 valence electrons. The van der Waals surface area contributed by atoms with Crippen molar-refractivity contribution in [2.24, 2.45) is 0 Å². The highest BCUT2D eigenvalue weighted by Crippen LogP contribution is 2.35. The van der Waals surface area contributed by atoms with Gasteiger partial charge >= 0.3 is 6.18 Å². The summed E-state index contributed by atoms with van der Waals surface area (Å²) in [4.78, 5) is 0. The van der Waals surface area contributed by atoms with E-state index in [2.05, 4.69) is 0 Å². The van der Waals surface area contributed by atoms with Crippen molar-refractivity contribution in [3.63, 3.8) is 0 Å². The molecule has 1 atom stereocenters. The Morgan fingerprint density at radius 2 is 1.67 bits per heavy atom. The van der Waals surface area contributed by atoms with Crippen molar-refractivity contribution in [1.29, 1.82) is 0 Å². The second-order valence-electron chi connectivity index (χ2n) is 4.61. The van der Waals surface area contributed by atoms with Crippen LogP contribution in [0, 0.1) is 18.6 Å². The van der Waals surface area contributed by atoms with Crippen LogP contribution in [0.4, 0.5) is 22.0 Å². The van der Waals surface area contributed by atoms with Crippen molar-refractivity contribution in [3.8, 4) is 0 Å². The monoisotopic (exact) mass is 302 g/mol. The molecule has 2 aromatic carbocycles. The molecule has 0 aliphatic heterocycles. The van der Waals surface area contributed by atoms with Gasteiger partial charge in [0.2, 0.25) is 0 Å². The molecular formula is C15H11F5O. The number of aryl methyl sites for hydroxylation is 1. The minimum absolute atomic E-state index is 0.148. The summed E-state index contributed by atoms with van der Waals surface area (Å²) in [7, 11) is 0. The summed E-state index contributed by atoms with van der Waals surface area (Å²) >= 11 is 0. The fourth-order valence-corrected chi connectivity index (χ4v) is 2.09. The Hall–Kier alpha value is -1.95. The number of aliphatic hydroxyl groups is 1. The summed E-state index contributed by atoms with van der Waals surface area (Å²) in [6.45, 7) is 1.48. The van der Waals surface area contributed by atoms with Crippen molar-refractivity contribution in [3.05, 3.63) is 70.3 Å². The average molecular weight is 302 g/mol. The van der Waals surface area contributed by atoms with Crippen LogP contribution in [0.3, 0.4) is 0 Å². The summed E-state index contributed by atoms with van der Waals surface area (Å²) in [5.41, 5.74) is -1.48. The van der Waals surface area contributed by atoms with Crippen LogP contribution in [0.2, 0.25) is 0 Å². The number of halogens is 5. The maximum Gasteiger partial charge on any atom is 0.419 e. The number of alkyl halides is 3. The smallest absolute Gasteiger partial charge is 0.384 e. The largest absolute Gasteiger partial charge is 0.419 e. The molecule has 0 aromatic heterocycles. The molecule has 1 nitrogen and oxygen atoms in total. The maximum absolute atomic E-state index is 14.0. The minimum atomic E-state index is -4.85. The number of benzene rings is 2. The van der Waals surface area contributed by atoms with Crippen molar-refractivity contribution >= 4 is 0 Å². The molecule has 0 spiro atoms. The van der Waals surface area contributed by atoms with Crippen LogP contribution in [-0.4, -0.2) is 5.11 Å². The topological polar surface area (TPSA) is 20.2 Å². The quantitative estimate of drug-likeness (QED) is 0.817. The molecule has 0 saturated heterocycles. The molecule has 1 unspecified atom stereocenters. The van der Waals surface area contributed by atoms with Crippen LogP contribution < -0.4 is 0 Å². The molecule has 6 heteroatoms. The minimum Gasteiger partial charge on any atom is -0.384 e. The number of rotatable bonds is 2. The highest BCUT2D eigenvalue weighted by molar-refractivity contribution is 5.38. The average Bonchev–Trinajstić information content (AvgIpc) is 2.37. The van der Waals surface area contributed by atoms with Crippen LogP contribution in [0.15, 0.2) is 36.4 Å². The first-order valence-electron chi connectivity index (χ1n) is 6.01. The van der Waals surface area contributed by atoms with Crippen molar-refractivity contribution in [2.75, 3.05) is 0 Å². The Morgan fingerprint density at radius 1 is 1.00 bits per heavy atom. The fourth-order valence-electron chi connectivity index (χ4n) is 2.09. The van der Waals surface area contributed by atoms with E-state index >= 15 is 0 Å². The molecule has 0 aliphatic rings. The van der Waals surface area contributed by atoms with Gasteiger partial charge < -0.3 is 5.11 Å². The third-order valence-corrected chi connectivity index (χ3v) is 3.16. The van der Waals surface area contributed by atoms with Crippen LogP contribution in [0.5, 0.6) is 0 Å². The Kier molecular flexibility index (Phi) is 4.00. The molecule has 0 saturated carbocycles. The van der Waals surface area contributed by atoms with Gasteiger partial charge in [0.1, 0.15) is 17.7 Å². The van der Waals surface area contributed by atoms with Gasteiger partial charge in [-0.25, -0.2) is 8.78 Å². The van der Waals surface area contributed by atoms with Gasteiger partial charge in [0.05, 0.1) is 5.56 Å². The van der Waals surface area contributed by atoms with E-state index in [9.17, 15) is 27.1 Å². The second kappa shape index (κ2) is 5.44. The Bertz CT molecular complexity index is 664. The van der Waals surface area contributed by atoms with Gasteiger partial charge in [0, 0.05) is 5.56 Å². The first-order chi connectivity index (χ1) is 9.71. The lowest BCUT2D eigenvalue weighted by molar-refractivity contribution is -0.140. The number of hydrogen-bond acceptors (Lipinski definition) is 1. The third kappa shape index (κ3) is 3.05. The highest BCUT2D eigenvalue weighted by Gasteiger charge is 2.35. The summed E-state index contributed by atoms with van der Waals surface area (Å²) in [5.74, 6) is -2.07. The highest BCUT2D eigenvalue weighted by atomic mass is 19.4. The van der Waals surface area contributed by atoms with Crippen LogP contribution in [0.25, 0.3) is 0 Å². The summed E-state index contributed by atoms with van der Waals surface area (Å²) in [6.07, 6.45) is -6.45.